The average Bonchev–Trinajstić information content (AvgIpc) is 3.05. The van der Waals surface area contributed by atoms with Crippen LogP contribution in [0.5, 0.6) is 0 Å². The van der Waals surface area contributed by atoms with Gasteiger partial charge in [0, 0.05) is 36.0 Å². The third-order valence-corrected chi connectivity index (χ3v) is 5.28. The van der Waals surface area contributed by atoms with Gasteiger partial charge in [-0.05, 0) is 46.0 Å². The van der Waals surface area contributed by atoms with Crippen LogP contribution in [-0.2, 0) is 27.3 Å². The van der Waals surface area contributed by atoms with Crippen LogP contribution in [0, 0.1) is 5.92 Å². The number of amides is 1. The molecule has 2 heterocycles. The van der Waals surface area contributed by atoms with Gasteiger partial charge in [0.15, 0.2) is 0 Å². The van der Waals surface area contributed by atoms with E-state index in [9.17, 15) is 9.59 Å². The molecule has 2 N–H and O–H groups in total. The average molecular weight is 410 g/mol. The summed E-state index contributed by atoms with van der Waals surface area (Å²) < 4.78 is 6.04. The molecule has 3 rings (SSSR count). The van der Waals surface area contributed by atoms with Crippen LogP contribution >= 0.6 is 15.9 Å². The first-order valence-corrected chi connectivity index (χ1v) is 8.93. The topological polar surface area (TPSA) is 95.5 Å². The third kappa shape index (κ3) is 3.69. The van der Waals surface area contributed by atoms with E-state index in [2.05, 4.69) is 26.1 Å². The number of methoxy groups -OCH3 is 1. The number of carboxylic acids is 1. The molecule has 1 aromatic carbocycles. The van der Waals surface area contributed by atoms with E-state index < -0.39 is 11.9 Å². The highest BCUT2D eigenvalue weighted by atomic mass is 79.9. The Morgan fingerprint density at radius 3 is 3.08 bits per heavy atom. The Kier molecular flexibility index (Phi) is 5.39. The van der Waals surface area contributed by atoms with Gasteiger partial charge in [-0.1, -0.05) is 0 Å². The molecule has 0 unspecified atom stereocenters. The smallest absolute Gasteiger partial charge is 0.304 e. The molecule has 1 atom stereocenters. The number of benzene rings is 1. The largest absolute Gasteiger partial charge is 0.481 e. The maximum atomic E-state index is 12.9. The van der Waals surface area contributed by atoms with Crippen LogP contribution in [0.25, 0.3) is 10.9 Å². The molecule has 1 amide bonds. The van der Waals surface area contributed by atoms with E-state index in [1.807, 2.05) is 6.07 Å². The Balaban J connectivity index is 2.02. The summed E-state index contributed by atoms with van der Waals surface area (Å²) in [7, 11) is 1.59. The van der Waals surface area contributed by atoms with E-state index in [-0.39, 0.29) is 12.3 Å². The summed E-state index contributed by atoms with van der Waals surface area (Å²) in [6.45, 7) is 1.27. The monoisotopic (exact) mass is 409 g/mol. The van der Waals surface area contributed by atoms with Crippen LogP contribution in [0.15, 0.2) is 16.7 Å². The molecule has 1 aromatic heterocycles. The van der Waals surface area contributed by atoms with Crippen molar-refractivity contribution in [2.75, 3.05) is 20.3 Å². The van der Waals surface area contributed by atoms with Gasteiger partial charge in [-0.15, -0.1) is 0 Å². The number of halogens is 1. The number of aryl methyl sites for hydroxylation is 1. The molecule has 7 nitrogen and oxygen atoms in total. The summed E-state index contributed by atoms with van der Waals surface area (Å²) >= 11 is 3.56. The van der Waals surface area contributed by atoms with Gasteiger partial charge < -0.3 is 14.7 Å². The van der Waals surface area contributed by atoms with Crippen molar-refractivity contribution in [3.05, 3.63) is 27.9 Å². The van der Waals surface area contributed by atoms with Crippen LogP contribution in [-0.4, -0.2) is 52.3 Å². The number of hydrogen-bond acceptors (Lipinski definition) is 4. The first-order chi connectivity index (χ1) is 12.0. The minimum atomic E-state index is -0.947. The number of carbonyl (C=O) groups is 2. The van der Waals surface area contributed by atoms with Gasteiger partial charge in [-0.3, -0.25) is 14.7 Å². The van der Waals surface area contributed by atoms with Gasteiger partial charge in [0.05, 0.1) is 24.7 Å². The van der Waals surface area contributed by atoms with Gasteiger partial charge in [0.2, 0.25) is 5.91 Å². The van der Waals surface area contributed by atoms with Crippen LogP contribution in [0.4, 0.5) is 0 Å². The number of nitrogens with zero attached hydrogens (tertiary/aromatic N) is 2. The van der Waals surface area contributed by atoms with Gasteiger partial charge >= 0.3 is 5.97 Å². The zero-order chi connectivity index (χ0) is 18.0. The zero-order valence-corrected chi connectivity index (χ0v) is 15.5. The number of fused-ring (bicyclic) bond motifs is 3. The highest BCUT2D eigenvalue weighted by molar-refractivity contribution is 9.10. The maximum Gasteiger partial charge on any atom is 0.304 e. The number of aromatic amines is 1. The molecular formula is C17H20BrN3O4. The second-order valence-corrected chi connectivity index (χ2v) is 7.10. The van der Waals surface area contributed by atoms with E-state index in [1.54, 1.807) is 18.2 Å². The number of rotatable bonds is 5. The van der Waals surface area contributed by atoms with E-state index >= 15 is 0 Å². The molecule has 0 aliphatic carbocycles. The van der Waals surface area contributed by atoms with Gasteiger partial charge in [-0.25, -0.2) is 0 Å². The highest BCUT2D eigenvalue weighted by Crippen LogP contribution is 2.33. The summed E-state index contributed by atoms with van der Waals surface area (Å²) in [4.78, 5) is 25.7. The normalized spacial score (nSPS) is 18.1. The zero-order valence-electron chi connectivity index (χ0n) is 13.9. The molecular weight excluding hydrogens is 390 g/mol. The number of aliphatic carboxylic acids is 1. The Morgan fingerprint density at radius 2 is 2.36 bits per heavy atom. The SMILES string of the molecule is COCCN1Cc2c(cc(Br)c3[nH]ncc23)CC[C@@H](CC(=O)O)C1=O. The lowest BCUT2D eigenvalue weighted by Crippen LogP contribution is -2.40. The van der Waals surface area contributed by atoms with Crippen molar-refractivity contribution in [3.63, 3.8) is 0 Å². The van der Waals surface area contributed by atoms with E-state index in [0.717, 1.165) is 26.5 Å². The second-order valence-electron chi connectivity index (χ2n) is 6.24. The van der Waals surface area contributed by atoms with E-state index in [4.69, 9.17) is 9.84 Å². The lowest BCUT2D eigenvalue weighted by molar-refractivity contribution is -0.145. The Bertz CT molecular complexity index is 805. The number of nitrogens with one attached hydrogen (secondary N) is 1. The lowest BCUT2D eigenvalue weighted by Gasteiger charge is -2.30. The van der Waals surface area contributed by atoms with Crippen molar-refractivity contribution in [1.82, 2.24) is 15.1 Å². The van der Waals surface area contributed by atoms with Crippen LogP contribution in [0.1, 0.15) is 24.0 Å². The summed E-state index contributed by atoms with van der Waals surface area (Å²) in [5.74, 6) is -1.58. The van der Waals surface area contributed by atoms with Crippen molar-refractivity contribution < 1.29 is 19.4 Å². The highest BCUT2D eigenvalue weighted by Gasteiger charge is 2.30. The van der Waals surface area contributed by atoms with E-state index in [1.165, 1.54) is 0 Å². The summed E-state index contributed by atoms with van der Waals surface area (Å²) in [5.41, 5.74) is 3.08. The standard InChI is InChI=1S/C17H20BrN3O4/c1-25-5-4-21-9-13-10(2-3-11(17(21)24)7-15(22)23)6-14(18)16-12(13)8-19-20-16/h6,8,11H,2-5,7,9H2,1H3,(H,19,20)(H,22,23)/t11-/m0/s1. The summed E-state index contributed by atoms with van der Waals surface area (Å²) in [6.07, 6.45) is 2.80. The van der Waals surface area contributed by atoms with Crippen molar-refractivity contribution in [1.29, 1.82) is 0 Å². The van der Waals surface area contributed by atoms with Crippen LogP contribution in [0.2, 0.25) is 0 Å². The molecule has 0 bridgehead atoms. The first-order valence-electron chi connectivity index (χ1n) is 8.14. The Labute approximate surface area is 153 Å². The van der Waals surface area contributed by atoms with Crippen LogP contribution < -0.4 is 0 Å². The number of hydrogen-bond donors (Lipinski definition) is 2. The fraction of sp³-hybridized carbons (Fsp3) is 0.471. The molecule has 25 heavy (non-hydrogen) atoms. The molecule has 134 valence electrons. The molecule has 8 heteroatoms. The first kappa shape index (κ1) is 17.9. The summed E-state index contributed by atoms with van der Waals surface area (Å²) in [5, 5.41) is 17.2. The van der Waals surface area contributed by atoms with Crippen molar-refractivity contribution in [3.8, 4) is 0 Å². The Morgan fingerprint density at radius 1 is 1.56 bits per heavy atom. The minimum absolute atomic E-state index is 0.121. The van der Waals surface area contributed by atoms with E-state index in [0.29, 0.717) is 32.5 Å². The molecule has 1 aliphatic heterocycles. The van der Waals surface area contributed by atoms with Crippen molar-refractivity contribution >= 4 is 38.7 Å². The molecule has 2 aromatic rings. The fourth-order valence-electron chi connectivity index (χ4n) is 3.36. The molecule has 0 radical (unpaired) electrons. The Hall–Kier alpha value is -1.93. The summed E-state index contributed by atoms with van der Waals surface area (Å²) in [6, 6.07) is 2.04. The fourth-order valence-corrected chi connectivity index (χ4v) is 3.94. The molecule has 1 aliphatic rings. The number of ether oxygens (including phenoxy) is 1. The quantitative estimate of drug-likeness (QED) is 0.789. The molecule has 0 fully saturated rings. The van der Waals surface area contributed by atoms with Crippen LogP contribution in [0.3, 0.4) is 0 Å². The van der Waals surface area contributed by atoms with Gasteiger partial charge in [-0.2, -0.15) is 5.10 Å². The molecule has 0 saturated heterocycles. The number of H-pyrrole nitrogens is 1. The predicted molar refractivity (Wildman–Crippen MR) is 95.2 cm³/mol. The minimum Gasteiger partial charge on any atom is -0.481 e. The number of carbonyl (C=O) groups excluding carboxylic acids is 1. The van der Waals surface area contributed by atoms with Crippen molar-refractivity contribution in [2.24, 2.45) is 5.92 Å². The number of carboxylic acid groups (broad SMARTS) is 1. The van der Waals surface area contributed by atoms with Gasteiger partial charge in [0.25, 0.3) is 0 Å². The second kappa shape index (κ2) is 7.53. The molecule has 0 saturated carbocycles. The third-order valence-electron chi connectivity index (χ3n) is 4.65. The van der Waals surface area contributed by atoms with Crippen molar-refractivity contribution in [2.45, 2.75) is 25.8 Å². The molecule has 0 spiro atoms. The lowest BCUT2D eigenvalue weighted by atomic mass is 9.89. The van der Waals surface area contributed by atoms with Gasteiger partial charge in [0.1, 0.15) is 0 Å². The predicted octanol–water partition coefficient (Wildman–Crippen LogP) is 2.34. The number of aromatic nitrogens is 2. The maximum absolute atomic E-state index is 12.9.